The topological polar surface area (TPSA) is 209 Å². The van der Waals surface area contributed by atoms with E-state index in [0.717, 1.165) is 5.56 Å². The summed E-state index contributed by atoms with van der Waals surface area (Å²) in [4.78, 5) is 79.3. The molecule has 6 rings (SSSR count). The Morgan fingerprint density at radius 2 is 1.88 bits per heavy atom. The van der Waals surface area contributed by atoms with E-state index in [1.807, 2.05) is 37.3 Å². The number of carbonyl (C=O) groups is 6. The van der Waals surface area contributed by atoms with E-state index < -0.39 is 53.8 Å². The quantitative estimate of drug-likeness (QED) is 0.177. The molecule has 3 unspecified atom stereocenters. The molecule has 2 fully saturated rings. The van der Waals surface area contributed by atoms with Crippen LogP contribution >= 0.6 is 35.0 Å². The second-order valence-corrected chi connectivity index (χ2v) is 14.2. The highest BCUT2D eigenvalue weighted by Gasteiger charge is 2.45. The van der Waals surface area contributed by atoms with E-state index in [1.165, 1.54) is 6.33 Å². The standard InChI is InChI=1S/C18H14Cl2O4.C16H22N6O4S/c1-18(11-5-3-2-4-6-11)8-10-7-12(24-9-13(21)22)15(19)16(20)14(10)17(18)23;23-13-3-1-2-10(20-13)14(24)21-11(4-9-5-17-7-18-9)15(25)22-16(26)12-6-27-8-19-12/h2-7H,8-9H2,1H3,(H,21,22);5,7,10-12,19H,1-4,6,8H2,(H,17,18)(H,20,23)(H,21,24)(H,22,25,26)/t;10?,11-,12?/m.0/s1. The smallest absolute Gasteiger partial charge is 0.341 e. The maximum absolute atomic E-state index is 13.0. The predicted octanol–water partition coefficient (Wildman–Crippen LogP) is 2.56. The first-order valence-electron chi connectivity index (χ1n) is 16.1. The van der Waals surface area contributed by atoms with E-state index in [9.17, 15) is 28.8 Å². The Morgan fingerprint density at radius 3 is 2.53 bits per heavy atom. The number of hydrogen-bond donors (Lipinski definition) is 6. The number of imidazole rings is 1. The van der Waals surface area contributed by atoms with Crippen molar-refractivity contribution < 1.29 is 38.6 Å². The molecule has 0 bridgehead atoms. The number of hydrogen-bond acceptors (Lipinski definition) is 10. The first kappa shape index (κ1) is 37.8. The van der Waals surface area contributed by atoms with Crippen LogP contribution in [0, 0.1) is 0 Å². The average Bonchev–Trinajstić information content (AvgIpc) is 3.89. The first-order chi connectivity index (χ1) is 24.4. The molecule has 0 spiro atoms. The van der Waals surface area contributed by atoms with Crippen molar-refractivity contribution in [1.82, 2.24) is 31.2 Å². The number of thioether (sulfide) groups is 1. The van der Waals surface area contributed by atoms with Crippen molar-refractivity contribution in [3.05, 3.63) is 81.4 Å². The number of piperidine rings is 1. The lowest BCUT2D eigenvalue weighted by molar-refractivity contribution is -0.139. The van der Waals surface area contributed by atoms with E-state index in [0.29, 0.717) is 54.1 Å². The number of benzene rings is 2. The lowest BCUT2D eigenvalue weighted by atomic mass is 9.79. The van der Waals surface area contributed by atoms with Crippen molar-refractivity contribution in [1.29, 1.82) is 0 Å². The number of carboxylic acids is 1. The molecule has 3 aromatic rings. The number of nitrogens with zero attached hydrogens (tertiary/aromatic N) is 1. The zero-order chi connectivity index (χ0) is 36.7. The lowest BCUT2D eigenvalue weighted by Gasteiger charge is -2.25. The number of rotatable bonds is 10. The van der Waals surface area contributed by atoms with Crippen molar-refractivity contribution in [2.45, 2.75) is 62.6 Å². The summed E-state index contributed by atoms with van der Waals surface area (Å²) in [5, 5.41) is 19.5. The number of aromatic amines is 1. The van der Waals surface area contributed by atoms with Crippen LogP contribution in [0.25, 0.3) is 0 Å². The summed E-state index contributed by atoms with van der Waals surface area (Å²) >= 11 is 14.0. The number of carboxylic acid groups (broad SMARTS) is 1. The molecule has 3 aliphatic rings. The van der Waals surface area contributed by atoms with Gasteiger partial charge in [0.25, 0.3) is 0 Å². The Labute approximate surface area is 307 Å². The molecule has 4 atom stereocenters. The number of fused-ring (bicyclic) bond motifs is 1. The summed E-state index contributed by atoms with van der Waals surface area (Å²) < 4.78 is 5.19. The molecule has 2 aliphatic heterocycles. The molecular formula is C34H36Cl2N6O8S. The second-order valence-electron chi connectivity index (χ2n) is 12.4. The number of imide groups is 1. The molecule has 17 heteroatoms. The molecule has 0 radical (unpaired) electrons. The maximum Gasteiger partial charge on any atom is 0.341 e. The van der Waals surface area contributed by atoms with Gasteiger partial charge in [0.15, 0.2) is 12.4 Å². The van der Waals surface area contributed by atoms with Crippen LogP contribution in [-0.2, 0) is 42.2 Å². The molecule has 4 amide bonds. The molecule has 1 aliphatic carbocycles. The van der Waals surface area contributed by atoms with Crippen LogP contribution < -0.4 is 26.0 Å². The van der Waals surface area contributed by atoms with Crippen LogP contribution in [0.2, 0.25) is 10.0 Å². The molecule has 0 saturated carbocycles. The summed E-state index contributed by atoms with van der Waals surface area (Å²) in [6.07, 6.45) is 5.14. The highest BCUT2D eigenvalue weighted by molar-refractivity contribution is 7.99. The van der Waals surface area contributed by atoms with Gasteiger partial charge in [-0.2, -0.15) is 0 Å². The number of aromatic nitrogens is 2. The second kappa shape index (κ2) is 16.7. The summed E-state index contributed by atoms with van der Waals surface area (Å²) in [5.41, 5.74) is 1.90. The van der Waals surface area contributed by atoms with Crippen molar-refractivity contribution in [2.24, 2.45) is 0 Å². The number of halogens is 2. The number of amides is 4. The maximum atomic E-state index is 13.0. The van der Waals surface area contributed by atoms with Crippen LogP contribution in [0.1, 0.15) is 53.4 Å². The zero-order valence-corrected chi connectivity index (χ0v) is 29.8. The van der Waals surface area contributed by atoms with E-state index >= 15 is 0 Å². The minimum Gasteiger partial charge on any atom is -0.480 e. The summed E-state index contributed by atoms with van der Waals surface area (Å²) in [7, 11) is 0. The van der Waals surface area contributed by atoms with E-state index in [2.05, 4.69) is 31.2 Å². The van der Waals surface area contributed by atoms with Crippen LogP contribution in [0.4, 0.5) is 0 Å². The van der Waals surface area contributed by atoms with Crippen LogP contribution in [-0.4, -0.2) is 86.8 Å². The van der Waals surface area contributed by atoms with Gasteiger partial charge >= 0.3 is 5.97 Å². The number of nitrogens with one attached hydrogen (secondary N) is 5. The molecule has 2 aromatic carbocycles. The summed E-state index contributed by atoms with van der Waals surface area (Å²) in [6.45, 7) is 1.34. The van der Waals surface area contributed by atoms with Crippen molar-refractivity contribution in [3.8, 4) is 5.75 Å². The van der Waals surface area contributed by atoms with E-state index in [1.54, 1.807) is 24.0 Å². The molecule has 6 N–H and O–H groups in total. The van der Waals surface area contributed by atoms with Gasteiger partial charge in [0.05, 0.1) is 22.8 Å². The van der Waals surface area contributed by atoms with Gasteiger partial charge in [-0.3, -0.25) is 34.6 Å². The minimum absolute atomic E-state index is 0.0577. The third-order valence-electron chi connectivity index (χ3n) is 8.73. The van der Waals surface area contributed by atoms with E-state index in [-0.39, 0.29) is 33.9 Å². The third-order valence-corrected chi connectivity index (χ3v) is 10.5. The number of ketones is 1. The third kappa shape index (κ3) is 9.08. The van der Waals surface area contributed by atoms with Gasteiger partial charge in [0, 0.05) is 41.9 Å². The van der Waals surface area contributed by atoms with Gasteiger partial charge < -0.3 is 25.5 Å². The largest absolute Gasteiger partial charge is 0.480 e. The minimum atomic E-state index is -1.12. The fraction of sp³-hybridized carbons (Fsp3) is 0.382. The molecule has 1 aromatic heterocycles. The summed E-state index contributed by atoms with van der Waals surface area (Å²) in [5.74, 6) is -1.43. The van der Waals surface area contributed by atoms with E-state index in [4.69, 9.17) is 33.0 Å². The van der Waals surface area contributed by atoms with Crippen molar-refractivity contribution in [3.63, 3.8) is 0 Å². The Kier molecular flexibility index (Phi) is 12.4. The molecule has 3 heterocycles. The van der Waals surface area contributed by atoms with Crippen molar-refractivity contribution in [2.75, 3.05) is 18.2 Å². The summed E-state index contributed by atoms with van der Waals surface area (Å²) in [6, 6.07) is 9.00. The van der Waals surface area contributed by atoms with Gasteiger partial charge in [-0.25, -0.2) is 9.78 Å². The highest BCUT2D eigenvalue weighted by Crippen LogP contribution is 2.47. The number of Topliss-reactive ketones (excluding diaryl/α,β-unsaturated/α-hetero) is 1. The molecular weight excluding hydrogens is 723 g/mol. The lowest BCUT2D eigenvalue weighted by Crippen LogP contribution is -2.57. The van der Waals surface area contributed by atoms with Crippen molar-refractivity contribution >= 4 is 70.3 Å². The number of aliphatic carboxylic acids is 1. The molecule has 270 valence electrons. The van der Waals surface area contributed by atoms with Gasteiger partial charge in [-0.05, 0) is 43.4 Å². The SMILES string of the molecule is CC1(c2ccccc2)Cc2cc(OCC(=O)O)c(Cl)c(Cl)c2C1=O.O=C1CCCC(C(=O)N[C@@H](Cc2cnc[nH]2)C(=O)NC(=O)C2CSCN2)N1. The Bertz CT molecular complexity index is 1810. The number of ether oxygens (including phenoxy) is 1. The first-order valence-corrected chi connectivity index (χ1v) is 18.0. The van der Waals surface area contributed by atoms with Gasteiger partial charge in [-0.15, -0.1) is 11.8 Å². The van der Waals surface area contributed by atoms with Crippen LogP contribution in [0.5, 0.6) is 5.75 Å². The van der Waals surface area contributed by atoms with Crippen LogP contribution in [0.3, 0.4) is 0 Å². The predicted molar refractivity (Wildman–Crippen MR) is 189 cm³/mol. The van der Waals surface area contributed by atoms with Crippen LogP contribution in [0.15, 0.2) is 48.9 Å². The fourth-order valence-corrected chi connectivity index (χ4v) is 7.46. The van der Waals surface area contributed by atoms with Gasteiger partial charge in [0.2, 0.25) is 23.6 Å². The number of carbonyl (C=O) groups excluding carboxylic acids is 5. The Hall–Kier alpha value is -4.44. The van der Waals surface area contributed by atoms with Gasteiger partial charge in [0.1, 0.15) is 22.9 Å². The molecule has 2 saturated heterocycles. The highest BCUT2D eigenvalue weighted by atomic mass is 35.5. The average molecular weight is 760 g/mol. The molecule has 14 nitrogen and oxygen atoms in total. The Balaban J connectivity index is 0.000000199. The normalized spacial score (nSPS) is 21.4. The molecule has 51 heavy (non-hydrogen) atoms. The number of H-pyrrole nitrogens is 1. The van der Waals surface area contributed by atoms with Gasteiger partial charge in [-0.1, -0.05) is 53.5 Å². The monoisotopic (exact) mass is 758 g/mol. The fourth-order valence-electron chi connectivity index (χ4n) is 6.02. The zero-order valence-electron chi connectivity index (χ0n) is 27.4. The Morgan fingerprint density at radius 1 is 1.12 bits per heavy atom.